The SMILES string of the molecule is COc1ccc(CC(=O)c2ccccc2OC(C)C)cc1. The van der Waals surface area contributed by atoms with Crippen LogP contribution in [0, 0.1) is 0 Å². The number of benzene rings is 2. The summed E-state index contributed by atoms with van der Waals surface area (Å²) in [4.78, 5) is 12.5. The van der Waals surface area contributed by atoms with E-state index in [2.05, 4.69) is 0 Å². The molecule has 0 saturated carbocycles. The summed E-state index contributed by atoms with van der Waals surface area (Å²) < 4.78 is 10.8. The smallest absolute Gasteiger partial charge is 0.170 e. The van der Waals surface area contributed by atoms with Gasteiger partial charge in [-0.3, -0.25) is 4.79 Å². The molecule has 3 heteroatoms. The molecule has 110 valence electrons. The van der Waals surface area contributed by atoms with Gasteiger partial charge >= 0.3 is 0 Å². The number of Topliss-reactive ketones (excluding diaryl/α,β-unsaturated/α-hetero) is 1. The van der Waals surface area contributed by atoms with Gasteiger partial charge < -0.3 is 9.47 Å². The Bertz CT molecular complexity index is 600. The lowest BCUT2D eigenvalue weighted by atomic mass is 10.0. The van der Waals surface area contributed by atoms with E-state index in [1.807, 2.05) is 62.4 Å². The van der Waals surface area contributed by atoms with Crippen LogP contribution in [0.15, 0.2) is 48.5 Å². The summed E-state index contributed by atoms with van der Waals surface area (Å²) in [5.74, 6) is 1.48. The van der Waals surface area contributed by atoms with Crippen molar-refractivity contribution in [3.8, 4) is 11.5 Å². The van der Waals surface area contributed by atoms with Crippen molar-refractivity contribution in [2.24, 2.45) is 0 Å². The van der Waals surface area contributed by atoms with Crippen molar-refractivity contribution < 1.29 is 14.3 Å². The third kappa shape index (κ3) is 4.09. The van der Waals surface area contributed by atoms with E-state index < -0.39 is 0 Å². The van der Waals surface area contributed by atoms with Gasteiger partial charge in [0, 0.05) is 6.42 Å². The highest BCUT2D eigenvalue weighted by Crippen LogP contribution is 2.22. The van der Waals surface area contributed by atoms with Crippen molar-refractivity contribution in [1.82, 2.24) is 0 Å². The summed E-state index contributed by atoms with van der Waals surface area (Å²) >= 11 is 0. The number of carbonyl (C=O) groups is 1. The molecule has 2 rings (SSSR count). The number of rotatable bonds is 6. The Balaban J connectivity index is 2.16. The van der Waals surface area contributed by atoms with Crippen LogP contribution in [-0.4, -0.2) is 19.0 Å². The van der Waals surface area contributed by atoms with E-state index in [0.29, 0.717) is 17.7 Å². The molecule has 2 aromatic carbocycles. The highest BCUT2D eigenvalue weighted by molar-refractivity contribution is 5.99. The Kier molecular flexibility index (Phi) is 4.99. The Morgan fingerprint density at radius 1 is 1.05 bits per heavy atom. The number of hydrogen-bond acceptors (Lipinski definition) is 3. The quantitative estimate of drug-likeness (QED) is 0.754. The van der Waals surface area contributed by atoms with Crippen molar-refractivity contribution in [2.75, 3.05) is 7.11 Å². The second-order valence-electron chi connectivity index (χ2n) is 5.11. The molecule has 0 heterocycles. The van der Waals surface area contributed by atoms with Gasteiger partial charge in [-0.25, -0.2) is 0 Å². The molecule has 0 aliphatic carbocycles. The van der Waals surface area contributed by atoms with Gasteiger partial charge in [-0.15, -0.1) is 0 Å². The highest BCUT2D eigenvalue weighted by atomic mass is 16.5. The number of carbonyl (C=O) groups excluding carboxylic acids is 1. The fourth-order valence-corrected chi connectivity index (χ4v) is 2.08. The van der Waals surface area contributed by atoms with E-state index in [1.165, 1.54) is 0 Å². The molecule has 0 aliphatic heterocycles. The summed E-state index contributed by atoms with van der Waals surface area (Å²) in [7, 11) is 1.62. The average molecular weight is 284 g/mol. The van der Waals surface area contributed by atoms with E-state index in [-0.39, 0.29) is 11.9 Å². The maximum Gasteiger partial charge on any atom is 0.170 e. The molecule has 0 unspecified atom stereocenters. The van der Waals surface area contributed by atoms with E-state index in [9.17, 15) is 4.79 Å². The maximum atomic E-state index is 12.5. The van der Waals surface area contributed by atoms with E-state index in [0.717, 1.165) is 11.3 Å². The molecule has 21 heavy (non-hydrogen) atoms. The molecular formula is C18H20O3. The zero-order chi connectivity index (χ0) is 15.2. The van der Waals surface area contributed by atoms with Crippen LogP contribution in [0.25, 0.3) is 0 Å². The van der Waals surface area contributed by atoms with Crippen LogP contribution in [-0.2, 0) is 6.42 Å². The van der Waals surface area contributed by atoms with Crippen LogP contribution < -0.4 is 9.47 Å². The molecule has 0 N–H and O–H groups in total. The van der Waals surface area contributed by atoms with Crippen LogP contribution in [0.5, 0.6) is 11.5 Å². The Morgan fingerprint density at radius 3 is 2.33 bits per heavy atom. The lowest BCUT2D eigenvalue weighted by Crippen LogP contribution is -2.11. The Hall–Kier alpha value is -2.29. The molecule has 0 amide bonds. The molecular weight excluding hydrogens is 264 g/mol. The predicted molar refractivity (Wildman–Crippen MR) is 83.2 cm³/mol. The minimum Gasteiger partial charge on any atom is -0.497 e. The third-order valence-corrected chi connectivity index (χ3v) is 3.07. The maximum absolute atomic E-state index is 12.5. The minimum absolute atomic E-state index is 0.0416. The lowest BCUT2D eigenvalue weighted by molar-refractivity contribution is 0.0987. The van der Waals surface area contributed by atoms with Crippen molar-refractivity contribution in [1.29, 1.82) is 0 Å². The second-order valence-corrected chi connectivity index (χ2v) is 5.11. The first kappa shape index (κ1) is 15.1. The van der Waals surface area contributed by atoms with Gasteiger partial charge in [-0.2, -0.15) is 0 Å². The molecule has 0 atom stereocenters. The number of methoxy groups -OCH3 is 1. The Labute approximate surface area is 125 Å². The largest absolute Gasteiger partial charge is 0.497 e. The fourth-order valence-electron chi connectivity index (χ4n) is 2.08. The summed E-state index contributed by atoms with van der Waals surface area (Å²) in [6.07, 6.45) is 0.391. The van der Waals surface area contributed by atoms with Gasteiger partial charge in [-0.05, 0) is 43.7 Å². The fraction of sp³-hybridized carbons (Fsp3) is 0.278. The van der Waals surface area contributed by atoms with Gasteiger partial charge in [0.15, 0.2) is 5.78 Å². The molecule has 0 radical (unpaired) electrons. The highest BCUT2D eigenvalue weighted by Gasteiger charge is 2.13. The van der Waals surface area contributed by atoms with Crippen molar-refractivity contribution in [3.63, 3.8) is 0 Å². The van der Waals surface area contributed by atoms with Gasteiger partial charge in [0.25, 0.3) is 0 Å². The summed E-state index contributed by atoms with van der Waals surface area (Å²) in [6.45, 7) is 3.90. The Morgan fingerprint density at radius 2 is 1.71 bits per heavy atom. The lowest BCUT2D eigenvalue weighted by Gasteiger charge is -2.13. The van der Waals surface area contributed by atoms with E-state index >= 15 is 0 Å². The number of hydrogen-bond donors (Lipinski definition) is 0. The van der Waals surface area contributed by atoms with Crippen LogP contribution in [0.2, 0.25) is 0 Å². The summed E-state index contributed by atoms with van der Waals surface area (Å²) in [5, 5.41) is 0. The topological polar surface area (TPSA) is 35.5 Å². The number of ketones is 1. The normalized spacial score (nSPS) is 10.5. The molecule has 0 spiro atoms. The second kappa shape index (κ2) is 6.93. The van der Waals surface area contributed by atoms with Crippen molar-refractivity contribution in [3.05, 3.63) is 59.7 Å². The summed E-state index contributed by atoms with van der Waals surface area (Å²) in [5.41, 5.74) is 1.59. The first-order valence-corrected chi connectivity index (χ1v) is 7.02. The van der Waals surface area contributed by atoms with E-state index in [1.54, 1.807) is 7.11 Å². The average Bonchev–Trinajstić information content (AvgIpc) is 2.48. The van der Waals surface area contributed by atoms with Crippen LogP contribution in [0.4, 0.5) is 0 Å². The molecule has 0 bridgehead atoms. The molecule has 0 aliphatic rings. The molecule has 0 aromatic heterocycles. The summed E-state index contributed by atoms with van der Waals surface area (Å²) in [6, 6.07) is 14.9. The van der Waals surface area contributed by atoms with Gasteiger partial charge in [0.05, 0.1) is 18.8 Å². The minimum atomic E-state index is 0.0416. The molecule has 3 nitrogen and oxygen atoms in total. The predicted octanol–water partition coefficient (Wildman–Crippen LogP) is 3.91. The molecule has 0 fully saturated rings. The zero-order valence-electron chi connectivity index (χ0n) is 12.6. The zero-order valence-corrected chi connectivity index (χ0v) is 12.6. The van der Waals surface area contributed by atoms with Crippen LogP contribution in [0.3, 0.4) is 0 Å². The van der Waals surface area contributed by atoms with Crippen molar-refractivity contribution >= 4 is 5.78 Å². The first-order valence-electron chi connectivity index (χ1n) is 7.02. The molecule has 2 aromatic rings. The third-order valence-electron chi connectivity index (χ3n) is 3.07. The van der Waals surface area contributed by atoms with E-state index in [4.69, 9.17) is 9.47 Å². The molecule has 0 saturated heterocycles. The van der Waals surface area contributed by atoms with Crippen molar-refractivity contribution in [2.45, 2.75) is 26.4 Å². The van der Waals surface area contributed by atoms with Gasteiger partial charge in [-0.1, -0.05) is 24.3 Å². The van der Waals surface area contributed by atoms with Gasteiger partial charge in [0.2, 0.25) is 0 Å². The standard InChI is InChI=1S/C18H20O3/c1-13(2)21-18-7-5-4-6-16(18)17(19)12-14-8-10-15(20-3)11-9-14/h4-11,13H,12H2,1-3H3. The van der Waals surface area contributed by atoms with Crippen LogP contribution in [0.1, 0.15) is 29.8 Å². The van der Waals surface area contributed by atoms with Gasteiger partial charge in [0.1, 0.15) is 11.5 Å². The number of ether oxygens (including phenoxy) is 2. The number of para-hydroxylation sites is 1. The van der Waals surface area contributed by atoms with Crippen LogP contribution >= 0.6 is 0 Å². The monoisotopic (exact) mass is 284 g/mol. The first-order chi connectivity index (χ1) is 10.1.